The smallest absolute Gasteiger partial charge is 0.409 e. The zero-order valence-electron chi connectivity index (χ0n) is 15.7. The quantitative estimate of drug-likeness (QED) is 0.682. The van der Waals surface area contributed by atoms with E-state index in [9.17, 15) is 13.2 Å². The van der Waals surface area contributed by atoms with Gasteiger partial charge in [0.05, 0.1) is 6.04 Å². The van der Waals surface area contributed by atoms with E-state index in [1.807, 2.05) is 34.6 Å². The molecule has 1 rings (SSSR count). The van der Waals surface area contributed by atoms with Crippen LogP contribution in [0.5, 0.6) is 0 Å². The van der Waals surface area contributed by atoms with E-state index in [1.165, 1.54) is 4.31 Å². The molecule has 7 nitrogen and oxygen atoms in total. The average Bonchev–Trinajstić information content (AvgIpc) is 2.98. The van der Waals surface area contributed by atoms with Crippen LogP contribution in [0.3, 0.4) is 0 Å². The Bertz CT molecular complexity index is 507. The van der Waals surface area contributed by atoms with Crippen LogP contribution in [0.15, 0.2) is 0 Å². The molecule has 142 valence electrons. The molecule has 1 fully saturated rings. The number of hydrogen-bond acceptors (Lipinski definition) is 4. The van der Waals surface area contributed by atoms with E-state index in [2.05, 4.69) is 4.72 Å². The lowest BCUT2D eigenvalue weighted by Gasteiger charge is -2.30. The summed E-state index contributed by atoms with van der Waals surface area (Å²) in [7, 11) is -3.58. The van der Waals surface area contributed by atoms with E-state index in [4.69, 9.17) is 4.74 Å². The fourth-order valence-electron chi connectivity index (χ4n) is 2.68. The number of ether oxygens (including phenoxy) is 1. The highest BCUT2D eigenvalue weighted by Gasteiger charge is 2.37. The van der Waals surface area contributed by atoms with Gasteiger partial charge in [-0.3, -0.25) is 0 Å². The third-order valence-corrected chi connectivity index (χ3v) is 6.36. The van der Waals surface area contributed by atoms with Crippen LogP contribution >= 0.6 is 0 Å². The van der Waals surface area contributed by atoms with Gasteiger partial charge in [0.25, 0.3) is 10.2 Å². The predicted molar refractivity (Wildman–Crippen MR) is 95.0 cm³/mol. The minimum absolute atomic E-state index is 0.104. The van der Waals surface area contributed by atoms with Crippen LogP contribution in [0.25, 0.3) is 0 Å². The van der Waals surface area contributed by atoms with Gasteiger partial charge in [0, 0.05) is 25.2 Å². The molecule has 1 N–H and O–H groups in total. The summed E-state index contributed by atoms with van der Waals surface area (Å²) in [4.78, 5) is 13.7. The summed E-state index contributed by atoms with van der Waals surface area (Å²) in [6, 6.07) is -0.292. The Morgan fingerprint density at radius 1 is 1.33 bits per heavy atom. The zero-order chi connectivity index (χ0) is 18.4. The van der Waals surface area contributed by atoms with Gasteiger partial charge in [0.1, 0.15) is 6.61 Å². The topological polar surface area (TPSA) is 79.0 Å². The molecular weight excluding hydrogens is 330 g/mol. The van der Waals surface area contributed by atoms with Crippen molar-refractivity contribution in [3.05, 3.63) is 0 Å². The number of hydrogen-bond donors (Lipinski definition) is 1. The van der Waals surface area contributed by atoms with Crippen LogP contribution in [0.2, 0.25) is 0 Å². The SMILES string of the molecule is CCCN(CC)C(=O)OC[C@@H]1CCCN1S(=O)(=O)NC(C)(C)CC. The summed E-state index contributed by atoms with van der Waals surface area (Å²) < 4.78 is 34.8. The highest BCUT2D eigenvalue weighted by atomic mass is 32.2. The van der Waals surface area contributed by atoms with Gasteiger partial charge < -0.3 is 9.64 Å². The molecule has 0 saturated carbocycles. The van der Waals surface area contributed by atoms with E-state index in [0.717, 1.165) is 12.8 Å². The van der Waals surface area contributed by atoms with Gasteiger partial charge in [0.2, 0.25) is 0 Å². The van der Waals surface area contributed by atoms with Crippen molar-refractivity contribution in [2.45, 2.75) is 71.9 Å². The third-order valence-electron chi connectivity index (χ3n) is 4.45. The monoisotopic (exact) mass is 363 g/mol. The molecule has 0 radical (unpaired) electrons. The minimum Gasteiger partial charge on any atom is -0.448 e. The Kier molecular flexibility index (Phi) is 7.95. The molecule has 1 heterocycles. The molecule has 0 unspecified atom stereocenters. The molecule has 1 amide bonds. The molecule has 8 heteroatoms. The number of carbonyl (C=O) groups is 1. The van der Waals surface area contributed by atoms with Crippen LogP contribution in [-0.2, 0) is 14.9 Å². The van der Waals surface area contributed by atoms with Crippen molar-refractivity contribution in [1.82, 2.24) is 13.9 Å². The number of amides is 1. The van der Waals surface area contributed by atoms with Crippen molar-refractivity contribution in [2.24, 2.45) is 0 Å². The molecule has 1 aliphatic heterocycles. The lowest BCUT2D eigenvalue weighted by Crippen LogP contribution is -2.52. The van der Waals surface area contributed by atoms with E-state index in [0.29, 0.717) is 32.5 Å². The minimum atomic E-state index is -3.58. The van der Waals surface area contributed by atoms with Crippen molar-refractivity contribution in [1.29, 1.82) is 0 Å². The van der Waals surface area contributed by atoms with Crippen molar-refractivity contribution < 1.29 is 17.9 Å². The molecule has 0 aromatic carbocycles. The first-order chi connectivity index (χ1) is 11.2. The van der Waals surface area contributed by atoms with Gasteiger partial charge in [-0.05, 0) is 46.5 Å². The average molecular weight is 364 g/mol. The maximum atomic E-state index is 12.6. The fourth-order valence-corrected chi connectivity index (χ4v) is 4.57. The summed E-state index contributed by atoms with van der Waals surface area (Å²) in [6.45, 7) is 11.4. The van der Waals surface area contributed by atoms with E-state index >= 15 is 0 Å². The van der Waals surface area contributed by atoms with Crippen LogP contribution < -0.4 is 4.72 Å². The van der Waals surface area contributed by atoms with Gasteiger partial charge >= 0.3 is 6.09 Å². The number of rotatable bonds is 9. The summed E-state index contributed by atoms with van der Waals surface area (Å²) in [5, 5.41) is 0. The maximum Gasteiger partial charge on any atom is 0.409 e. The van der Waals surface area contributed by atoms with Crippen LogP contribution in [-0.4, -0.2) is 61.5 Å². The van der Waals surface area contributed by atoms with E-state index < -0.39 is 15.7 Å². The molecule has 0 spiro atoms. The van der Waals surface area contributed by atoms with E-state index in [-0.39, 0.29) is 18.7 Å². The maximum absolute atomic E-state index is 12.6. The van der Waals surface area contributed by atoms with Gasteiger partial charge in [-0.1, -0.05) is 13.8 Å². The first-order valence-corrected chi connectivity index (χ1v) is 10.3. The predicted octanol–water partition coefficient (Wildman–Crippen LogP) is 2.34. The van der Waals surface area contributed by atoms with Crippen molar-refractivity contribution >= 4 is 16.3 Å². The molecule has 0 aromatic heterocycles. The van der Waals surface area contributed by atoms with E-state index in [1.54, 1.807) is 4.90 Å². The Balaban J connectivity index is 2.67. The third kappa shape index (κ3) is 5.89. The molecular formula is C16H33N3O4S. The molecule has 0 aliphatic carbocycles. The Morgan fingerprint density at radius 3 is 2.54 bits per heavy atom. The summed E-state index contributed by atoms with van der Waals surface area (Å²) >= 11 is 0. The first-order valence-electron chi connectivity index (χ1n) is 8.89. The number of carbonyl (C=O) groups excluding carboxylic acids is 1. The van der Waals surface area contributed by atoms with Crippen LogP contribution in [0.4, 0.5) is 4.79 Å². The van der Waals surface area contributed by atoms with Crippen molar-refractivity contribution in [3.8, 4) is 0 Å². The van der Waals surface area contributed by atoms with Gasteiger partial charge in [-0.25, -0.2) is 4.79 Å². The van der Waals surface area contributed by atoms with Crippen LogP contribution in [0.1, 0.15) is 60.3 Å². The second-order valence-electron chi connectivity index (χ2n) is 6.91. The largest absolute Gasteiger partial charge is 0.448 e. The Morgan fingerprint density at radius 2 is 2.00 bits per heavy atom. The first kappa shape index (κ1) is 21.2. The lowest BCUT2D eigenvalue weighted by atomic mass is 10.0. The molecule has 1 saturated heterocycles. The molecule has 1 atom stereocenters. The highest BCUT2D eigenvalue weighted by molar-refractivity contribution is 7.87. The zero-order valence-corrected chi connectivity index (χ0v) is 16.5. The standard InChI is InChI=1S/C16H33N3O4S/c1-6-11-18(8-3)15(20)23-13-14-10-9-12-19(14)24(21,22)17-16(4,5)7-2/h14,17H,6-13H2,1-5H3/t14-/m0/s1. The highest BCUT2D eigenvalue weighted by Crippen LogP contribution is 2.22. The van der Waals surface area contributed by atoms with Gasteiger partial charge in [0.15, 0.2) is 0 Å². The lowest BCUT2D eigenvalue weighted by molar-refractivity contribution is 0.0886. The van der Waals surface area contributed by atoms with Gasteiger partial charge in [-0.15, -0.1) is 0 Å². The molecule has 0 aromatic rings. The fraction of sp³-hybridized carbons (Fsp3) is 0.938. The summed E-state index contributed by atoms with van der Waals surface area (Å²) in [6.07, 6.45) is 2.68. The van der Waals surface area contributed by atoms with Crippen molar-refractivity contribution in [3.63, 3.8) is 0 Å². The molecule has 24 heavy (non-hydrogen) atoms. The van der Waals surface area contributed by atoms with Crippen molar-refractivity contribution in [2.75, 3.05) is 26.2 Å². The molecule has 1 aliphatic rings. The summed E-state index contributed by atoms with van der Waals surface area (Å²) in [5.41, 5.74) is -0.497. The normalized spacial score (nSPS) is 19.5. The number of nitrogens with zero attached hydrogens (tertiary/aromatic N) is 2. The van der Waals surface area contributed by atoms with Gasteiger partial charge in [-0.2, -0.15) is 17.4 Å². The Hall–Kier alpha value is -0.860. The molecule has 0 bridgehead atoms. The second kappa shape index (κ2) is 9.01. The summed E-state index contributed by atoms with van der Waals surface area (Å²) in [5.74, 6) is 0. The number of nitrogens with one attached hydrogen (secondary N) is 1. The second-order valence-corrected chi connectivity index (χ2v) is 8.53. The Labute approximate surface area is 146 Å². The van der Waals surface area contributed by atoms with Crippen LogP contribution in [0, 0.1) is 0 Å².